The lowest BCUT2D eigenvalue weighted by atomic mass is 10.1. The molecule has 0 aliphatic heterocycles. The number of sulfone groups is 1. The van der Waals surface area contributed by atoms with Gasteiger partial charge in [0.25, 0.3) is 0 Å². The third kappa shape index (κ3) is 3.72. The van der Waals surface area contributed by atoms with Crippen molar-refractivity contribution in [2.75, 3.05) is 12.8 Å². The molecule has 1 aliphatic carbocycles. The van der Waals surface area contributed by atoms with Crippen molar-refractivity contribution in [2.45, 2.75) is 36.9 Å². The fraction of sp³-hybridized carbons (Fsp3) is 0.500. The largest absolute Gasteiger partial charge is 0.478 e. The first kappa shape index (κ1) is 17.5. The number of rotatable bonds is 6. The molecule has 1 fully saturated rings. The average molecular weight is 339 g/mol. The Hall–Kier alpha value is -1.89. The summed E-state index contributed by atoms with van der Waals surface area (Å²) in [5, 5.41) is 11.6. The molecular formula is C16H21NO5S. The lowest BCUT2D eigenvalue weighted by molar-refractivity contribution is -0.123. The Balaban J connectivity index is 1.95. The van der Waals surface area contributed by atoms with E-state index in [2.05, 4.69) is 5.32 Å². The van der Waals surface area contributed by atoms with Gasteiger partial charge >= 0.3 is 5.97 Å². The smallest absolute Gasteiger partial charge is 0.335 e. The fourth-order valence-corrected chi connectivity index (χ4v) is 4.45. The van der Waals surface area contributed by atoms with Crippen LogP contribution >= 0.6 is 0 Å². The van der Waals surface area contributed by atoms with Crippen LogP contribution in [0.3, 0.4) is 0 Å². The Kier molecular flexibility index (Phi) is 5.09. The lowest BCUT2D eigenvalue weighted by Gasteiger charge is -2.25. The normalized spacial score (nSPS) is 16.9. The van der Waals surface area contributed by atoms with Crippen molar-refractivity contribution in [1.29, 1.82) is 0 Å². The van der Waals surface area contributed by atoms with E-state index in [1.165, 1.54) is 12.1 Å². The van der Waals surface area contributed by atoms with Crippen molar-refractivity contribution >= 4 is 21.7 Å². The number of amides is 1. The van der Waals surface area contributed by atoms with Gasteiger partial charge in [0.2, 0.25) is 5.91 Å². The average Bonchev–Trinajstić information content (AvgIpc) is 2.98. The molecule has 0 radical (unpaired) electrons. The van der Waals surface area contributed by atoms with Crippen LogP contribution in [0, 0.1) is 0 Å². The second-order valence-electron chi connectivity index (χ2n) is 5.98. The van der Waals surface area contributed by atoms with Crippen LogP contribution in [0.2, 0.25) is 0 Å². The molecule has 126 valence electrons. The van der Waals surface area contributed by atoms with E-state index < -0.39 is 26.5 Å². The Morgan fingerprint density at radius 1 is 1.17 bits per heavy atom. The molecule has 0 atom stereocenters. The minimum absolute atomic E-state index is 0.208. The zero-order chi connectivity index (χ0) is 17.1. The second-order valence-corrected chi connectivity index (χ2v) is 8.31. The van der Waals surface area contributed by atoms with E-state index in [4.69, 9.17) is 5.11 Å². The molecule has 1 amide bonds. The molecule has 0 unspecified atom stereocenters. The SMILES string of the molecule is CS(=O)(=O)C1(C(=O)NCCc2ccc(C(=O)O)cc2)CCCC1. The molecule has 0 spiro atoms. The number of nitrogens with one attached hydrogen (secondary N) is 1. The van der Waals surface area contributed by atoms with Crippen LogP contribution in [0.15, 0.2) is 24.3 Å². The molecule has 1 aromatic carbocycles. The van der Waals surface area contributed by atoms with Crippen molar-refractivity contribution in [3.05, 3.63) is 35.4 Å². The maximum Gasteiger partial charge on any atom is 0.335 e. The molecule has 1 aliphatic rings. The summed E-state index contributed by atoms with van der Waals surface area (Å²) < 4.78 is 22.8. The summed E-state index contributed by atoms with van der Waals surface area (Å²) in [5.74, 6) is -1.40. The van der Waals surface area contributed by atoms with Gasteiger partial charge in [-0.25, -0.2) is 13.2 Å². The molecule has 2 rings (SSSR count). The van der Waals surface area contributed by atoms with E-state index in [1.807, 2.05) is 0 Å². The first-order valence-electron chi connectivity index (χ1n) is 7.56. The van der Waals surface area contributed by atoms with E-state index in [9.17, 15) is 18.0 Å². The van der Waals surface area contributed by atoms with E-state index >= 15 is 0 Å². The molecule has 6 nitrogen and oxygen atoms in total. The van der Waals surface area contributed by atoms with Crippen molar-refractivity contribution in [1.82, 2.24) is 5.32 Å². The third-order valence-corrected chi connectivity index (χ3v) is 6.45. The Morgan fingerprint density at radius 2 is 1.74 bits per heavy atom. The van der Waals surface area contributed by atoms with Crippen LogP contribution in [0.5, 0.6) is 0 Å². The van der Waals surface area contributed by atoms with Crippen LogP contribution < -0.4 is 5.32 Å². The quantitative estimate of drug-likeness (QED) is 0.816. The van der Waals surface area contributed by atoms with Gasteiger partial charge in [-0.05, 0) is 37.0 Å². The summed E-state index contributed by atoms with van der Waals surface area (Å²) in [7, 11) is -3.45. The summed E-state index contributed by atoms with van der Waals surface area (Å²) in [5.41, 5.74) is 1.09. The van der Waals surface area contributed by atoms with Crippen molar-refractivity contribution in [3.63, 3.8) is 0 Å². The predicted molar refractivity (Wildman–Crippen MR) is 86.2 cm³/mol. The highest BCUT2D eigenvalue weighted by molar-refractivity contribution is 7.92. The summed E-state index contributed by atoms with van der Waals surface area (Å²) in [4.78, 5) is 23.2. The maximum absolute atomic E-state index is 12.4. The van der Waals surface area contributed by atoms with Crippen molar-refractivity contribution in [2.24, 2.45) is 0 Å². The zero-order valence-corrected chi connectivity index (χ0v) is 13.9. The molecule has 0 aromatic heterocycles. The van der Waals surface area contributed by atoms with Crippen LogP contribution in [0.1, 0.15) is 41.6 Å². The lowest BCUT2D eigenvalue weighted by Crippen LogP contribution is -2.50. The first-order valence-corrected chi connectivity index (χ1v) is 9.45. The maximum atomic E-state index is 12.4. The Morgan fingerprint density at radius 3 is 2.22 bits per heavy atom. The molecule has 2 N–H and O–H groups in total. The molecular weight excluding hydrogens is 318 g/mol. The number of hydrogen-bond donors (Lipinski definition) is 2. The molecule has 1 saturated carbocycles. The Bertz CT molecular complexity index is 688. The van der Waals surface area contributed by atoms with Crippen LogP contribution in [0.25, 0.3) is 0 Å². The number of hydrogen-bond acceptors (Lipinski definition) is 4. The third-order valence-electron chi connectivity index (χ3n) is 4.43. The zero-order valence-electron chi connectivity index (χ0n) is 13.0. The number of carbonyl (C=O) groups is 2. The highest BCUT2D eigenvalue weighted by Crippen LogP contribution is 2.36. The van der Waals surface area contributed by atoms with Crippen LogP contribution in [-0.4, -0.2) is 42.9 Å². The monoisotopic (exact) mass is 339 g/mol. The minimum Gasteiger partial charge on any atom is -0.478 e. The molecule has 0 bridgehead atoms. The second kappa shape index (κ2) is 6.70. The summed E-state index contributed by atoms with van der Waals surface area (Å²) in [6, 6.07) is 6.40. The summed E-state index contributed by atoms with van der Waals surface area (Å²) in [6.45, 7) is 0.322. The van der Waals surface area contributed by atoms with Gasteiger partial charge in [-0.1, -0.05) is 25.0 Å². The van der Waals surface area contributed by atoms with Gasteiger partial charge in [0.05, 0.1) is 5.56 Å². The molecule has 0 saturated heterocycles. The van der Waals surface area contributed by atoms with Crippen molar-refractivity contribution in [3.8, 4) is 0 Å². The number of carbonyl (C=O) groups excluding carboxylic acids is 1. The van der Waals surface area contributed by atoms with Gasteiger partial charge in [-0.15, -0.1) is 0 Å². The van der Waals surface area contributed by atoms with Gasteiger partial charge in [0, 0.05) is 12.8 Å². The summed E-state index contributed by atoms with van der Waals surface area (Å²) in [6.07, 6.45) is 3.90. The molecule has 0 heterocycles. The van der Waals surface area contributed by atoms with Gasteiger partial charge in [-0.3, -0.25) is 4.79 Å². The first-order chi connectivity index (χ1) is 10.8. The van der Waals surface area contributed by atoms with Crippen LogP contribution in [-0.2, 0) is 21.1 Å². The number of carboxylic acid groups (broad SMARTS) is 1. The number of aromatic carboxylic acids is 1. The number of carboxylic acids is 1. The summed E-state index contributed by atoms with van der Waals surface area (Å²) >= 11 is 0. The van der Waals surface area contributed by atoms with E-state index in [0.29, 0.717) is 25.8 Å². The molecule has 23 heavy (non-hydrogen) atoms. The van der Waals surface area contributed by atoms with E-state index in [1.54, 1.807) is 12.1 Å². The van der Waals surface area contributed by atoms with Crippen LogP contribution in [0.4, 0.5) is 0 Å². The predicted octanol–water partition coefficient (Wildman–Crippen LogP) is 1.40. The molecule has 1 aromatic rings. The topological polar surface area (TPSA) is 101 Å². The van der Waals surface area contributed by atoms with E-state index in [0.717, 1.165) is 24.7 Å². The Labute approximate surface area is 135 Å². The molecule has 7 heteroatoms. The minimum atomic E-state index is -3.45. The standard InChI is InChI=1S/C16H21NO5S/c1-23(21,22)16(9-2-3-10-16)15(20)17-11-8-12-4-6-13(7-5-12)14(18)19/h4-7H,2-3,8-11H2,1H3,(H,17,20)(H,18,19). The van der Waals surface area contributed by atoms with Gasteiger partial charge in [0.15, 0.2) is 9.84 Å². The van der Waals surface area contributed by atoms with Gasteiger partial charge in [0.1, 0.15) is 4.75 Å². The fourth-order valence-electron chi connectivity index (χ4n) is 3.01. The van der Waals surface area contributed by atoms with Crippen molar-refractivity contribution < 1.29 is 23.1 Å². The van der Waals surface area contributed by atoms with E-state index in [-0.39, 0.29) is 5.56 Å². The van der Waals surface area contributed by atoms with Gasteiger partial charge < -0.3 is 10.4 Å². The number of benzene rings is 1. The highest BCUT2D eigenvalue weighted by atomic mass is 32.2. The van der Waals surface area contributed by atoms with Gasteiger partial charge in [-0.2, -0.15) is 0 Å². The highest BCUT2D eigenvalue weighted by Gasteiger charge is 2.49.